The molecular weight excluding hydrogens is 182 g/mol. The fourth-order valence-corrected chi connectivity index (χ4v) is 0.750. The minimum atomic E-state index is -1.18. The lowest BCUT2D eigenvalue weighted by Crippen LogP contribution is -2.27. The molecule has 0 atom stereocenters. The zero-order chi connectivity index (χ0) is 8.97. The van der Waals surface area contributed by atoms with Gasteiger partial charge in [-0.3, -0.25) is 5.43 Å². The Balaban J connectivity index is 2.57. The molecular formula is C6H6ClN3O2. The highest BCUT2D eigenvalue weighted by molar-refractivity contribution is 6.30. The molecule has 1 aromatic rings. The van der Waals surface area contributed by atoms with Crippen LogP contribution in [0.5, 0.6) is 0 Å². The first-order valence-corrected chi connectivity index (χ1v) is 3.43. The van der Waals surface area contributed by atoms with Crippen LogP contribution in [0, 0.1) is 0 Å². The second-order valence-corrected chi connectivity index (χ2v) is 2.35. The number of carboxylic acid groups (broad SMARTS) is 1. The minimum absolute atomic E-state index is 0.352. The van der Waals surface area contributed by atoms with Crippen molar-refractivity contribution in [3.8, 4) is 0 Å². The molecule has 0 saturated heterocycles. The molecule has 64 valence electrons. The number of amides is 1. The molecule has 12 heavy (non-hydrogen) atoms. The number of pyridine rings is 1. The molecule has 6 heteroatoms. The van der Waals surface area contributed by atoms with Gasteiger partial charge in [0.1, 0.15) is 5.82 Å². The van der Waals surface area contributed by atoms with Crippen molar-refractivity contribution < 1.29 is 9.90 Å². The van der Waals surface area contributed by atoms with E-state index in [0.717, 1.165) is 0 Å². The van der Waals surface area contributed by atoms with Crippen molar-refractivity contribution in [2.24, 2.45) is 0 Å². The highest BCUT2D eigenvalue weighted by atomic mass is 35.5. The van der Waals surface area contributed by atoms with Crippen molar-refractivity contribution in [2.45, 2.75) is 0 Å². The van der Waals surface area contributed by atoms with Gasteiger partial charge in [0.05, 0.1) is 0 Å². The average Bonchev–Trinajstić information content (AvgIpc) is 2.01. The maximum Gasteiger partial charge on any atom is 0.423 e. The van der Waals surface area contributed by atoms with Crippen LogP contribution in [0.3, 0.4) is 0 Å². The Labute approximate surface area is 73.3 Å². The molecule has 0 saturated carbocycles. The Hall–Kier alpha value is -1.49. The fraction of sp³-hybridized carbons (Fsp3) is 0. The first kappa shape index (κ1) is 8.61. The molecule has 1 aromatic heterocycles. The zero-order valence-corrected chi connectivity index (χ0v) is 6.67. The van der Waals surface area contributed by atoms with Crippen LogP contribution >= 0.6 is 11.6 Å². The van der Waals surface area contributed by atoms with Crippen LogP contribution in [0.2, 0.25) is 5.02 Å². The third kappa shape index (κ3) is 2.63. The Morgan fingerprint density at radius 2 is 2.42 bits per heavy atom. The van der Waals surface area contributed by atoms with E-state index in [1.54, 1.807) is 6.07 Å². The summed E-state index contributed by atoms with van der Waals surface area (Å²) in [5.74, 6) is 0.352. The molecule has 0 aliphatic rings. The summed E-state index contributed by atoms with van der Waals surface area (Å²) in [5, 5.41) is 8.70. The van der Waals surface area contributed by atoms with Gasteiger partial charge in [-0.2, -0.15) is 0 Å². The summed E-state index contributed by atoms with van der Waals surface area (Å²) in [6.07, 6.45) is 0.283. The van der Waals surface area contributed by atoms with Crippen molar-refractivity contribution in [3.05, 3.63) is 23.4 Å². The maximum absolute atomic E-state index is 10.0. The lowest BCUT2D eigenvalue weighted by Gasteiger charge is -2.03. The molecule has 0 aliphatic heterocycles. The van der Waals surface area contributed by atoms with E-state index in [2.05, 4.69) is 10.4 Å². The lowest BCUT2D eigenvalue weighted by atomic mass is 10.5. The molecule has 0 aliphatic carbocycles. The molecule has 0 radical (unpaired) electrons. The number of anilines is 1. The summed E-state index contributed by atoms with van der Waals surface area (Å²) in [4.78, 5) is 13.8. The molecule has 1 rings (SSSR count). The number of nitrogens with one attached hydrogen (secondary N) is 2. The van der Waals surface area contributed by atoms with Crippen molar-refractivity contribution in [1.29, 1.82) is 0 Å². The van der Waals surface area contributed by atoms with Crippen LogP contribution in [-0.2, 0) is 0 Å². The van der Waals surface area contributed by atoms with Gasteiger partial charge in [0, 0.05) is 17.3 Å². The van der Waals surface area contributed by atoms with Crippen molar-refractivity contribution in [2.75, 3.05) is 5.43 Å². The van der Waals surface area contributed by atoms with Gasteiger partial charge >= 0.3 is 6.09 Å². The van der Waals surface area contributed by atoms with E-state index in [9.17, 15) is 4.79 Å². The lowest BCUT2D eigenvalue weighted by molar-refractivity contribution is 0.197. The van der Waals surface area contributed by atoms with Crippen molar-refractivity contribution >= 4 is 23.5 Å². The van der Waals surface area contributed by atoms with Gasteiger partial charge in [-0.15, -0.1) is 0 Å². The first-order valence-electron chi connectivity index (χ1n) is 3.05. The topological polar surface area (TPSA) is 74.2 Å². The van der Waals surface area contributed by atoms with Gasteiger partial charge in [0.15, 0.2) is 0 Å². The van der Waals surface area contributed by atoms with E-state index in [1.807, 2.05) is 5.43 Å². The summed E-state index contributed by atoms with van der Waals surface area (Å²) < 4.78 is 0. The second kappa shape index (κ2) is 3.77. The summed E-state index contributed by atoms with van der Waals surface area (Å²) in [6, 6.07) is 3.09. The van der Waals surface area contributed by atoms with E-state index in [1.165, 1.54) is 12.3 Å². The van der Waals surface area contributed by atoms with E-state index in [4.69, 9.17) is 16.7 Å². The quantitative estimate of drug-likeness (QED) is 0.611. The SMILES string of the molecule is O=C(O)NNc1cc(Cl)ccn1. The van der Waals surface area contributed by atoms with E-state index in [-0.39, 0.29) is 0 Å². The molecule has 5 nitrogen and oxygen atoms in total. The number of carbonyl (C=O) groups is 1. The molecule has 0 unspecified atom stereocenters. The molecule has 1 heterocycles. The van der Waals surface area contributed by atoms with E-state index in [0.29, 0.717) is 10.8 Å². The van der Waals surface area contributed by atoms with E-state index >= 15 is 0 Å². The Kier molecular flexibility index (Phi) is 2.71. The van der Waals surface area contributed by atoms with Crippen LogP contribution in [0.25, 0.3) is 0 Å². The van der Waals surface area contributed by atoms with Gasteiger partial charge in [-0.25, -0.2) is 15.2 Å². The number of hydrogen-bond donors (Lipinski definition) is 3. The summed E-state index contributed by atoms with van der Waals surface area (Å²) >= 11 is 5.60. The van der Waals surface area contributed by atoms with Crippen molar-refractivity contribution in [1.82, 2.24) is 10.4 Å². The van der Waals surface area contributed by atoms with Crippen LogP contribution in [0.1, 0.15) is 0 Å². The first-order chi connectivity index (χ1) is 5.68. The monoisotopic (exact) mass is 187 g/mol. The van der Waals surface area contributed by atoms with Crippen LogP contribution in [0.15, 0.2) is 18.3 Å². The number of nitrogens with zero attached hydrogens (tertiary/aromatic N) is 1. The number of hydrogen-bond acceptors (Lipinski definition) is 3. The van der Waals surface area contributed by atoms with Gasteiger partial charge < -0.3 is 5.11 Å². The highest BCUT2D eigenvalue weighted by Crippen LogP contribution is 2.10. The second-order valence-electron chi connectivity index (χ2n) is 1.91. The van der Waals surface area contributed by atoms with Gasteiger partial charge in [-0.1, -0.05) is 11.6 Å². The number of halogens is 1. The van der Waals surface area contributed by atoms with Gasteiger partial charge in [-0.05, 0) is 6.07 Å². The van der Waals surface area contributed by atoms with Crippen molar-refractivity contribution in [3.63, 3.8) is 0 Å². The molecule has 1 amide bonds. The van der Waals surface area contributed by atoms with Gasteiger partial charge in [0.25, 0.3) is 0 Å². The van der Waals surface area contributed by atoms with E-state index < -0.39 is 6.09 Å². The highest BCUT2D eigenvalue weighted by Gasteiger charge is 1.95. The summed E-state index contributed by atoms with van der Waals surface area (Å²) in [7, 11) is 0. The molecule has 3 N–H and O–H groups in total. The zero-order valence-electron chi connectivity index (χ0n) is 5.91. The number of aromatic nitrogens is 1. The minimum Gasteiger partial charge on any atom is -0.464 e. The number of hydrazine groups is 1. The molecule has 0 spiro atoms. The molecule has 0 bridgehead atoms. The molecule has 0 aromatic carbocycles. The standard InChI is InChI=1S/C6H6ClN3O2/c7-4-1-2-8-5(3-4)9-10-6(11)12/h1-3,10H,(H,8,9)(H,11,12). The Bertz CT molecular complexity index is 292. The van der Waals surface area contributed by atoms with Crippen LogP contribution in [-0.4, -0.2) is 16.2 Å². The summed E-state index contributed by atoms with van der Waals surface area (Å²) in [6.45, 7) is 0. The predicted molar refractivity (Wildman–Crippen MR) is 44.0 cm³/mol. The largest absolute Gasteiger partial charge is 0.464 e. The number of rotatable bonds is 2. The predicted octanol–water partition coefficient (Wildman–Crippen LogP) is 1.33. The average molecular weight is 188 g/mol. The Morgan fingerprint density at radius 1 is 1.67 bits per heavy atom. The van der Waals surface area contributed by atoms with Crippen LogP contribution in [0.4, 0.5) is 10.6 Å². The Morgan fingerprint density at radius 3 is 3.00 bits per heavy atom. The normalized spacial score (nSPS) is 9.08. The maximum atomic E-state index is 10.0. The van der Waals surface area contributed by atoms with Crippen LogP contribution < -0.4 is 10.9 Å². The smallest absolute Gasteiger partial charge is 0.423 e. The summed E-state index contributed by atoms with van der Waals surface area (Å²) in [5.41, 5.74) is 4.27. The fourth-order valence-electron chi connectivity index (χ4n) is 0.591. The molecule has 0 fully saturated rings. The van der Waals surface area contributed by atoms with Gasteiger partial charge in [0.2, 0.25) is 0 Å². The third-order valence-electron chi connectivity index (χ3n) is 1.02. The third-order valence-corrected chi connectivity index (χ3v) is 1.25.